The van der Waals surface area contributed by atoms with Crippen molar-refractivity contribution in [1.29, 1.82) is 0 Å². The van der Waals surface area contributed by atoms with Crippen LogP contribution in [0.25, 0.3) is 0 Å². The second-order valence-corrected chi connectivity index (χ2v) is 6.14. The van der Waals surface area contributed by atoms with Crippen molar-refractivity contribution < 1.29 is 4.74 Å². The lowest BCUT2D eigenvalue weighted by atomic mass is 9.81. The van der Waals surface area contributed by atoms with Crippen LogP contribution in [0, 0.1) is 13.8 Å². The molecule has 0 aliphatic heterocycles. The Kier molecular flexibility index (Phi) is 5.19. The number of ether oxygens (including phenoxy) is 1. The Morgan fingerprint density at radius 3 is 2.30 bits per heavy atom. The number of hydrazine groups is 1. The van der Waals surface area contributed by atoms with Crippen molar-refractivity contribution in [2.75, 3.05) is 7.11 Å². The van der Waals surface area contributed by atoms with Crippen LogP contribution in [-0.4, -0.2) is 12.7 Å². The van der Waals surface area contributed by atoms with Crippen LogP contribution in [0.4, 0.5) is 0 Å². The molecule has 2 rings (SSSR count). The minimum absolute atomic E-state index is 0.0613. The van der Waals surface area contributed by atoms with Gasteiger partial charge in [-0.3, -0.25) is 11.3 Å². The summed E-state index contributed by atoms with van der Waals surface area (Å²) < 4.78 is 6.01. The molecular weight excluding hydrogens is 248 g/mol. The van der Waals surface area contributed by atoms with Gasteiger partial charge >= 0.3 is 0 Å². The van der Waals surface area contributed by atoms with E-state index in [0.717, 1.165) is 12.8 Å². The first-order valence-corrected chi connectivity index (χ1v) is 7.71. The Hall–Kier alpha value is -0.900. The Morgan fingerprint density at radius 1 is 1.15 bits per heavy atom. The molecular formula is C17H28N2O. The molecule has 3 N–H and O–H groups in total. The van der Waals surface area contributed by atoms with E-state index in [1.54, 1.807) is 0 Å². The summed E-state index contributed by atoms with van der Waals surface area (Å²) in [6.45, 7) is 4.28. The minimum Gasteiger partial charge on any atom is -0.376 e. The molecule has 0 heterocycles. The molecule has 3 nitrogen and oxygen atoms in total. The van der Waals surface area contributed by atoms with Gasteiger partial charge in [-0.2, -0.15) is 0 Å². The van der Waals surface area contributed by atoms with Gasteiger partial charge in [-0.25, -0.2) is 0 Å². The summed E-state index contributed by atoms with van der Waals surface area (Å²) in [5.41, 5.74) is 6.71. The zero-order valence-electron chi connectivity index (χ0n) is 13.0. The normalized spacial score (nSPS) is 20.4. The van der Waals surface area contributed by atoms with Crippen molar-refractivity contribution in [2.24, 2.45) is 5.84 Å². The molecule has 20 heavy (non-hydrogen) atoms. The van der Waals surface area contributed by atoms with E-state index in [0.29, 0.717) is 0 Å². The van der Waals surface area contributed by atoms with Gasteiger partial charge in [0.1, 0.15) is 0 Å². The Morgan fingerprint density at radius 2 is 1.80 bits per heavy atom. The van der Waals surface area contributed by atoms with Gasteiger partial charge in [0.25, 0.3) is 0 Å². The maximum Gasteiger partial charge on any atom is 0.0885 e. The molecule has 1 aromatic carbocycles. The number of hydrogen-bond donors (Lipinski definition) is 2. The average Bonchev–Trinajstić information content (AvgIpc) is 2.68. The smallest absolute Gasteiger partial charge is 0.0885 e. The zero-order valence-corrected chi connectivity index (χ0v) is 13.0. The quantitative estimate of drug-likeness (QED) is 0.502. The van der Waals surface area contributed by atoms with Crippen molar-refractivity contribution in [3.8, 4) is 0 Å². The largest absolute Gasteiger partial charge is 0.376 e. The highest BCUT2D eigenvalue weighted by molar-refractivity contribution is 5.34. The fraction of sp³-hybridized carbons (Fsp3) is 0.647. The first-order chi connectivity index (χ1) is 9.63. The SMILES string of the molecule is COC1(C(NN)c2ccc(C)cc2C)CCCCCC1. The molecule has 1 aliphatic carbocycles. The van der Waals surface area contributed by atoms with Gasteiger partial charge in [0, 0.05) is 7.11 Å². The molecule has 0 amide bonds. The van der Waals surface area contributed by atoms with E-state index in [-0.39, 0.29) is 11.6 Å². The fourth-order valence-electron chi connectivity index (χ4n) is 3.61. The first kappa shape index (κ1) is 15.5. The van der Waals surface area contributed by atoms with E-state index in [1.807, 2.05) is 7.11 Å². The van der Waals surface area contributed by atoms with Crippen molar-refractivity contribution >= 4 is 0 Å². The average molecular weight is 276 g/mol. The molecule has 1 atom stereocenters. The van der Waals surface area contributed by atoms with Crippen LogP contribution in [0.15, 0.2) is 18.2 Å². The van der Waals surface area contributed by atoms with Crippen LogP contribution in [0.2, 0.25) is 0 Å². The Bertz CT molecular complexity index is 437. The van der Waals surface area contributed by atoms with E-state index in [9.17, 15) is 0 Å². The lowest BCUT2D eigenvalue weighted by Crippen LogP contribution is -2.48. The van der Waals surface area contributed by atoms with Crippen LogP contribution in [0.5, 0.6) is 0 Å². The highest BCUT2D eigenvalue weighted by atomic mass is 16.5. The third-order valence-corrected chi connectivity index (χ3v) is 4.79. The monoisotopic (exact) mass is 276 g/mol. The summed E-state index contributed by atoms with van der Waals surface area (Å²) >= 11 is 0. The van der Waals surface area contributed by atoms with Crippen molar-refractivity contribution in [1.82, 2.24) is 5.43 Å². The minimum atomic E-state index is -0.175. The zero-order chi connectivity index (χ0) is 14.6. The number of nitrogens with two attached hydrogens (primary N) is 1. The van der Waals surface area contributed by atoms with E-state index in [2.05, 4.69) is 37.5 Å². The molecule has 1 aromatic rings. The van der Waals surface area contributed by atoms with Crippen LogP contribution >= 0.6 is 0 Å². The van der Waals surface area contributed by atoms with Crippen LogP contribution < -0.4 is 11.3 Å². The van der Waals surface area contributed by atoms with Crippen molar-refractivity contribution in [2.45, 2.75) is 64.0 Å². The molecule has 0 bridgehead atoms. The Labute approximate surface area is 122 Å². The summed E-state index contributed by atoms with van der Waals surface area (Å²) in [6.07, 6.45) is 7.19. The lowest BCUT2D eigenvalue weighted by molar-refractivity contribution is -0.0542. The van der Waals surface area contributed by atoms with Gasteiger partial charge in [-0.15, -0.1) is 0 Å². The summed E-state index contributed by atoms with van der Waals surface area (Å²) in [7, 11) is 1.83. The van der Waals surface area contributed by atoms with Gasteiger partial charge in [-0.05, 0) is 37.8 Å². The third-order valence-electron chi connectivity index (χ3n) is 4.79. The fourth-order valence-corrected chi connectivity index (χ4v) is 3.61. The highest BCUT2D eigenvalue weighted by Crippen LogP contribution is 2.40. The molecule has 0 spiro atoms. The number of hydrogen-bond acceptors (Lipinski definition) is 3. The molecule has 0 aromatic heterocycles. The van der Waals surface area contributed by atoms with Gasteiger partial charge in [0.15, 0.2) is 0 Å². The third kappa shape index (κ3) is 3.05. The first-order valence-electron chi connectivity index (χ1n) is 7.71. The summed E-state index contributed by atoms with van der Waals surface area (Å²) in [5, 5.41) is 0. The van der Waals surface area contributed by atoms with E-state index < -0.39 is 0 Å². The second kappa shape index (κ2) is 6.70. The van der Waals surface area contributed by atoms with Gasteiger partial charge < -0.3 is 4.74 Å². The predicted octanol–water partition coefficient (Wildman–Crippen LogP) is 3.55. The standard InChI is InChI=1S/C17H28N2O/c1-13-8-9-15(14(2)12-13)16(19-18)17(20-3)10-6-4-5-7-11-17/h8-9,12,16,19H,4-7,10-11,18H2,1-3H3. The number of benzene rings is 1. The number of methoxy groups -OCH3 is 1. The van der Waals surface area contributed by atoms with Crippen molar-refractivity contribution in [3.63, 3.8) is 0 Å². The van der Waals surface area contributed by atoms with Gasteiger partial charge in [-0.1, -0.05) is 49.4 Å². The second-order valence-electron chi connectivity index (χ2n) is 6.14. The topological polar surface area (TPSA) is 47.3 Å². The van der Waals surface area contributed by atoms with Crippen LogP contribution in [0.3, 0.4) is 0 Å². The summed E-state index contributed by atoms with van der Waals surface area (Å²) in [4.78, 5) is 0. The molecule has 1 fully saturated rings. The van der Waals surface area contributed by atoms with Gasteiger partial charge in [0.05, 0.1) is 11.6 Å². The molecule has 3 heteroatoms. The van der Waals surface area contributed by atoms with Crippen LogP contribution in [-0.2, 0) is 4.74 Å². The predicted molar refractivity (Wildman–Crippen MR) is 83.4 cm³/mol. The molecule has 0 saturated heterocycles. The molecule has 1 unspecified atom stereocenters. The van der Waals surface area contributed by atoms with Gasteiger partial charge in [0.2, 0.25) is 0 Å². The summed E-state index contributed by atoms with van der Waals surface area (Å²) in [6, 6.07) is 6.64. The van der Waals surface area contributed by atoms with E-state index in [1.165, 1.54) is 42.4 Å². The summed E-state index contributed by atoms with van der Waals surface area (Å²) in [5.74, 6) is 5.92. The van der Waals surface area contributed by atoms with E-state index >= 15 is 0 Å². The Balaban J connectivity index is 2.37. The van der Waals surface area contributed by atoms with Crippen LogP contribution in [0.1, 0.15) is 61.3 Å². The molecule has 112 valence electrons. The maximum atomic E-state index is 6.01. The number of rotatable bonds is 4. The number of nitrogens with one attached hydrogen (secondary N) is 1. The molecule has 1 aliphatic rings. The number of aryl methyl sites for hydroxylation is 2. The highest BCUT2D eigenvalue weighted by Gasteiger charge is 2.40. The maximum absolute atomic E-state index is 6.01. The van der Waals surface area contributed by atoms with E-state index in [4.69, 9.17) is 10.6 Å². The molecule has 0 radical (unpaired) electrons. The van der Waals surface area contributed by atoms with Crippen molar-refractivity contribution in [3.05, 3.63) is 34.9 Å². The lowest BCUT2D eigenvalue weighted by Gasteiger charge is -2.39. The molecule has 1 saturated carbocycles.